The molecule has 0 radical (unpaired) electrons. The third-order valence-electron chi connectivity index (χ3n) is 4.78. The summed E-state index contributed by atoms with van der Waals surface area (Å²) in [6, 6.07) is 20.5. The standard InChI is InChI=1S/C24H24ClN3O4S/c1-18-10-12-22(13-11-18)33(30,31)28(16-20-7-3-4-9-23(20)25)17-24(29)27-26-15-19-6-5-8-21(14-19)32-2/h3-15H,16-17H2,1-2H3,(H,27,29)/b26-15-. The molecule has 0 spiro atoms. The summed E-state index contributed by atoms with van der Waals surface area (Å²) in [7, 11) is -2.41. The lowest BCUT2D eigenvalue weighted by Crippen LogP contribution is -2.39. The van der Waals surface area contributed by atoms with Crippen molar-refractivity contribution in [3.63, 3.8) is 0 Å². The molecule has 1 amide bonds. The van der Waals surface area contributed by atoms with Gasteiger partial charge in [-0.2, -0.15) is 9.41 Å². The first-order valence-electron chi connectivity index (χ1n) is 10.1. The Hall–Kier alpha value is -3.20. The molecule has 3 rings (SSSR count). The van der Waals surface area contributed by atoms with Crippen LogP contribution in [0.1, 0.15) is 16.7 Å². The molecule has 33 heavy (non-hydrogen) atoms. The van der Waals surface area contributed by atoms with Crippen molar-refractivity contribution in [3.05, 3.63) is 94.5 Å². The fourth-order valence-electron chi connectivity index (χ4n) is 3.00. The minimum absolute atomic E-state index is 0.0666. The number of carbonyl (C=O) groups is 1. The van der Waals surface area contributed by atoms with Crippen molar-refractivity contribution in [1.82, 2.24) is 9.73 Å². The van der Waals surface area contributed by atoms with Gasteiger partial charge >= 0.3 is 0 Å². The van der Waals surface area contributed by atoms with Gasteiger partial charge in [-0.1, -0.05) is 59.6 Å². The third-order valence-corrected chi connectivity index (χ3v) is 6.95. The van der Waals surface area contributed by atoms with Crippen LogP contribution in [0.5, 0.6) is 5.75 Å². The summed E-state index contributed by atoms with van der Waals surface area (Å²) >= 11 is 6.24. The minimum Gasteiger partial charge on any atom is -0.497 e. The first-order valence-corrected chi connectivity index (χ1v) is 11.9. The molecule has 172 valence electrons. The van der Waals surface area contributed by atoms with Crippen molar-refractivity contribution >= 4 is 33.7 Å². The maximum Gasteiger partial charge on any atom is 0.255 e. The maximum absolute atomic E-state index is 13.3. The molecule has 7 nitrogen and oxygen atoms in total. The number of hydrogen-bond acceptors (Lipinski definition) is 5. The van der Waals surface area contributed by atoms with E-state index in [1.807, 2.05) is 6.92 Å². The molecule has 0 aliphatic carbocycles. The van der Waals surface area contributed by atoms with E-state index in [0.717, 1.165) is 15.4 Å². The van der Waals surface area contributed by atoms with Crippen LogP contribution in [0.15, 0.2) is 82.8 Å². The summed E-state index contributed by atoms with van der Waals surface area (Å²) in [5.74, 6) is 0.0669. The van der Waals surface area contributed by atoms with E-state index in [-0.39, 0.29) is 11.4 Å². The molecule has 0 unspecified atom stereocenters. The van der Waals surface area contributed by atoms with Crippen LogP contribution in [-0.2, 0) is 21.4 Å². The van der Waals surface area contributed by atoms with Gasteiger partial charge in [0.2, 0.25) is 10.0 Å². The molecule has 3 aromatic rings. The van der Waals surface area contributed by atoms with Crippen molar-refractivity contribution in [2.75, 3.05) is 13.7 Å². The van der Waals surface area contributed by atoms with Gasteiger partial charge in [0.05, 0.1) is 24.8 Å². The molecule has 0 aromatic heterocycles. The zero-order valence-corrected chi connectivity index (χ0v) is 19.8. The van der Waals surface area contributed by atoms with Gasteiger partial charge in [0.15, 0.2) is 0 Å². The molecule has 0 heterocycles. The molecule has 0 atom stereocenters. The molecule has 0 fully saturated rings. The predicted octanol–water partition coefficient (Wildman–Crippen LogP) is 4.00. The van der Waals surface area contributed by atoms with Gasteiger partial charge in [-0.25, -0.2) is 13.8 Å². The molecule has 0 aliphatic rings. The Labute approximate surface area is 198 Å². The molecule has 0 bridgehead atoms. The number of methoxy groups -OCH3 is 1. The Morgan fingerprint density at radius 2 is 1.82 bits per heavy atom. The zero-order chi connectivity index (χ0) is 23.8. The summed E-state index contributed by atoms with van der Waals surface area (Å²) < 4.78 is 32.9. The monoisotopic (exact) mass is 485 g/mol. The van der Waals surface area contributed by atoms with E-state index in [1.165, 1.54) is 18.3 Å². The van der Waals surface area contributed by atoms with Gasteiger partial charge in [-0.3, -0.25) is 4.79 Å². The molecule has 0 saturated carbocycles. The van der Waals surface area contributed by atoms with Crippen LogP contribution in [0.4, 0.5) is 0 Å². The van der Waals surface area contributed by atoms with Crippen LogP contribution >= 0.6 is 11.6 Å². The number of nitrogens with one attached hydrogen (secondary N) is 1. The second-order valence-electron chi connectivity index (χ2n) is 7.25. The number of sulfonamides is 1. The Morgan fingerprint density at radius 1 is 1.09 bits per heavy atom. The highest BCUT2D eigenvalue weighted by molar-refractivity contribution is 7.89. The van der Waals surface area contributed by atoms with Crippen LogP contribution in [0.2, 0.25) is 5.02 Å². The van der Waals surface area contributed by atoms with E-state index in [1.54, 1.807) is 67.8 Å². The molecule has 0 aliphatic heterocycles. The van der Waals surface area contributed by atoms with Crippen LogP contribution in [0.25, 0.3) is 0 Å². The van der Waals surface area contributed by atoms with E-state index in [2.05, 4.69) is 10.5 Å². The van der Waals surface area contributed by atoms with E-state index < -0.39 is 22.5 Å². The molecule has 9 heteroatoms. The van der Waals surface area contributed by atoms with E-state index in [4.69, 9.17) is 16.3 Å². The highest BCUT2D eigenvalue weighted by Crippen LogP contribution is 2.22. The molecular formula is C24H24ClN3O4S. The van der Waals surface area contributed by atoms with Crippen LogP contribution in [0, 0.1) is 6.92 Å². The van der Waals surface area contributed by atoms with E-state index >= 15 is 0 Å². The molecule has 3 aromatic carbocycles. The first-order chi connectivity index (χ1) is 15.8. The quantitative estimate of drug-likeness (QED) is 0.366. The van der Waals surface area contributed by atoms with Gasteiger partial charge in [0.25, 0.3) is 5.91 Å². The number of benzene rings is 3. The number of aryl methyl sites for hydroxylation is 1. The molecular weight excluding hydrogens is 462 g/mol. The van der Waals surface area contributed by atoms with Gasteiger partial charge < -0.3 is 4.74 Å². The number of rotatable bonds is 9. The van der Waals surface area contributed by atoms with Gasteiger partial charge in [0.1, 0.15) is 5.75 Å². The SMILES string of the molecule is COc1cccc(/C=N\NC(=O)CN(Cc2ccccc2Cl)S(=O)(=O)c2ccc(C)cc2)c1. The fraction of sp³-hybridized carbons (Fsp3) is 0.167. The van der Waals surface area contributed by atoms with Gasteiger partial charge in [0, 0.05) is 11.6 Å². The van der Waals surface area contributed by atoms with Crippen LogP contribution in [0.3, 0.4) is 0 Å². The largest absolute Gasteiger partial charge is 0.497 e. The van der Waals surface area contributed by atoms with Gasteiger partial charge in [-0.05, 0) is 48.4 Å². The topological polar surface area (TPSA) is 88.1 Å². The van der Waals surface area contributed by atoms with Crippen molar-refractivity contribution in [1.29, 1.82) is 0 Å². The summed E-state index contributed by atoms with van der Waals surface area (Å²) in [4.78, 5) is 12.7. The summed E-state index contributed by atoms with van der Waals surface area (Å²) in [5.41, 5.74) is 4.61. The lowest BCUT2D eigenvalue weighted by Gasteiger charge is -2.22. The van der Waals surface area contributed by atoms with Crippen LogP contribution < -0.4 is 10.2 Å². The summed E-state index contributed by atoms with van der Waals surface area (Å²) in [6.45, 7) is 1.37. The Morgan fingerprint density at radius 3 is 2.52 bits per heavy atom. The lowest BCUT2D eigenvalue weighted by molar-refractivity contribution is -0.121. The van der Waals surface area contributed by atoms with Gasteiger partial charge in [-0.15, -0.1) is 0 Å². The number of amides is 1. The first kappa shape index (κ1) is 24.4. The number of nitrogens with zero attached hydrogens (tertiary/aromatic N) is 2. The lowest BCUT2D eigenvalue weighted by atomic mass is 10.2. The van der Waals surface area contributed by atoms with E-state index in [0.29, 0.717) is 16.3 Å². The highest BCUT2D eigenvalue weighted by Gasteiger charge is 2.27. The predicted molar refractivity (Wildman–Crippen MR) is 129 cm³/mol. The number of carbonyl (C=O) groups excluding carboxylic acids is 1. The average Bonchev–Trinajstić information content (AvgIpc) is 2.80. The van der Waals surface area contributed by atoms with Crippen molar-refractivity contribution in [2.24, 2.45) is 5.10 Å². The zero-order valence-electron chi connectivity index (χ0n) is 18.2. The second kappa shape index (κ2) is 11.1. The van der Waals surface area contributed by atoms with Crippen molar-refractivity contribution in [2.45, 2.75) is 18.4 Å². The second-order valence-corrected chi connectivity index (χ2v) is 9.59. The normalized spacial score (nSPS) is 11.6. The smallest absolute Gasteiger partial charge is 0.255 e. The van der Waals surface area contributed by atoms with E-state index in [9.17, 15) is 13.2 Å². The maximum atomic E-state index is 13.3. The minimum atomic E-state index is -3.97. The summed E-state index contributed by atoms with van der Waals surface area (Å²) in [5, 5.41) is 4.35. The highest BCUT2D eigenvalue weighted by atomic mass is 35.5. The Balaban J connectivity index is 1.79. The molecule has 1 N–H and O–H groups in total. The number of hydrogen-bond donors (Lipinski definition) is 1. The van der Waals surface area contributed by atoms with Crippen molar-refractivity contribution in [3.8, 4) is 5.75 Å². The van der Waals surface area contributed by atoms with Crippen LogP contribution in [-0.4, -0.2) is 38.5 Å². The fourth-order valence-corrected chi connectivity index (χ4v) is 4.57. The number of halogens is 1. The Kier molecular flexibility index (Phi) is 8.21. The third kappa shape index (κ3) is 6.64. The number of ether oxygens (including phenoxy) is 1. The summed E-state index contributed by atoms with van der Waals surface area (Å²) in [6.07, 6.45) is 1.45. The number of hydrazone groups is 1. The Bertz CT molecular complexity index is 1240. The van der Waals surface area contributed by atoms with Crippen molar-refractivity contribution < 1.29 is 17.9 Å². The average molecular weight is 486 g/mol. The molecule has 0 saturated heterocycles.